The second kappa shape index (κ2) is 9.08. The zero-order chi connectivity index (χ0) is 22.0. The SMILES string of the molecule is COc1ccc(-c2ocnc2C(=O)N2CCN(c3ccc(Cl)c(Cl)c3)CC2)cc1OC. The molecule has 1 fully saturated rings. The first kappa shape index (κ1) is 21.3. The maximum Gasteiger partial charge on any atom is 0.276 e. The van der Waals surface area contributed by atoms with Gasteiger partial charge in [0.05, 0.1) is 24.3 Å². The van der Waals surface area contributed by atoms with Gasteiger partial charge in [-0.25, -0.2) is 4.98 Å². The summed E-state index contributed by atoms with van der Waals surface area (Å²) in [6, 6.07) is 10.9. The number of amides is 1. The highest BCUT2D eigenvalue weighted by molar-refractivity contribution is 6.42. The van der Waals surface area contributed by atoms with Gasteiger partial charge in [-0.3, -0.25) is 4.79 Å². The van der Waals surface area contributed by atoms with Crippen LogP contribution >= 0.6 is 23.2 Å². The zero-order valence-electron chi connectivity index (χ0n) is 17.1. The molecule has 9 heteroatoms. The van der Waals surface area contributed by atoms with Gasteiger partial charge in [-0.15, -0.1) is 0 Å². The Bertz CT molecular complexity index is 1090. The summed E-state index contributed by atoms with van der Waals surface area (Å²) in [5, 5.41) is 1.03. The number of hydrogen-bond acceptors (Lipinski definition) is 6. The lowest BCUT2D eigenvalue weighted by Gasteiger charge is -2.36. The van der Waals surface area contributed by atoms with Crippen LogP contribution in [-0.4, -0.2) is 56.2 Å². The topological polar surface area (TPSA) is 68.0 Å². The number of ether oxygens (including phenoxy) is 2. The Morgan fingerprint density at radius 2 is 1.71 bits per heavy atom. The largest absolute Gasteiger partial charge is 0.493 e. The first-order valence-electron chi connectivity index (χ1n) is 9.67. The first-order chi connectivity index (χ1) is 15.0. The van der Waals surface area contributed by atoms with Crippen LogP contribution in [0, 0.1) is 0 Å². The highest BCUT2D eigenvalue weighted by Crippen LogP contribution is 2.34. The van der Waals surface area contributed by atoms with E-state index in [0.29, 0.717) is 59.0 Å². The van der Waals surface area contributed by atoms with Crippen LogP contribution in [0.25, 0.3) is 11.3 Å². The highest BCUT2D eigenvalue weighted by atomic mass is 35.5. The van der Waals surface area contributed by atoms with Crippen molar-refractivity contribution in [3.8, 4) is 22.8 Å². The number of halogens is 2. The molecule has 0 unspecified atom stereocenters. The van der Waals surface area contributed by atoms with Crippen LogP contribution in [0.5, 0.6) is 11.5 Å². The molecule has 162 valence electrons. The van der Waals surface area contributed by atoms with Crippen molar-refractivity contribution in [2.45, 2.75) is 0 Å². The van der Waals surface area contributed by atoms with E-state index < -0.39 is 0 Å². The molecule has 0 saturated carbocycles. The fraction of sp³-hybridized carbons (Fsp3) is 0.273. The number of hydrogen-bond donors (Lipinski definition) is 0. The van der Waals surface area contributed by atoms with Crippen molar-refractivity contribution in [2.75, 3.05) is 45.3 Å². The zero-order valence-corrected chi connectivity index (χ0v) is 18.6. The Kier molecular flexibility index (Phi) is 6.25. The normalized spacial score (nSPS) is 13.9. The average Bonchev–Trinajstić information content (AvgIpc) is 3.30. The molecule has 0 aliphatic carbocycles. The molecular weight excluding hydrogens is 441 g/mol. The molecule has 3 aromatic rings. The molecular formula is C22H21Cl2N3O4. The summed E-state index contributed by atoms with van der Waals surface area (Å²) >= 11 is 12.1. The summed E-state index contributed by atoms with van der Waals surface area (Å²) in [4.78, 5) is 21.3. The third-order valence-corrected chi connectivity index (χ3v) is 5.99. The van der Waals surface area contributed by atoms with E-state index in [4.69, 9.17) is 37.1 Å². The predicted molar refractivity (Wildman–Crippen MR) is 120 cm³/mol. The number of methoxy groups -OCH3 is 2. The highest BCUT2D eigenvalue weighted by Gasteiger charge is 2.27. The van der Waals surface area contributed by atoms with Gasteiger partial charge in [-0.1, -0.05) is 23.2 Å². The Balaban J connectivity index is 1.49. The van der Waals surface area contributed by atoms with Crippen molar-refractivity contribution in [3.63, 3.8) is 0 Å². The van der Waals surface area contributed by atoms with E-state index >= 15 is 0 Å². The summed E-state index contributed by atoms with van der Waals surface area (Å²) in [6.45, 7) is 2.45. The van der Waals surface area contributed by atoms with Crippen molar-refractivity contribution >= 4 is 34.8 Å². The van der Waals surface area contributed by atoms with E-state index in [2.05, 4.69) is 9.88 Å². The van der Waals surface area contributed by atoms with Gasteiger partial charge < -0.3 is 23.7 Å². The minimum absolute atomic E-state index is 0.174. The summed E-state index contributed by atoms with van der Waals surface area (Å²) in [7, 11) is 3.12. The standard InChI is InChI=1S/C22H21Cl2N3O4/c1-29-18-6-3-14(11-19(18)30-2)21-20(25-13-31-21)22(28)27-9-7-26(8-10-27)15-4-5-16(23)17(24)12-15/h3-6,11-13H,7-10H2,1-2H3. The fourth-order valence-corrected chi connectivity index (χ4v) is 3.87. The number of oxazole rings is 1. The number of rotatable bonds is 5. The molecule has 1 saturated heterocycles. The van der Waals surface area contributed by atoms with Crippen molar-refractivity contribution in [2.24, 2.45) is 0 Å². The van der Waals surface area contributed by atoms with Crippen molar-refractivity contribution in [1.82, 2.24) is 9.88 Å². The van der Waals surface area contributed by atoms with Crippen LogP contribution in [0.2, 0.25) is 10.0 Å². The predicted octanol–water partition coefficient (Wildman–Crippen LogP) is 4.63. The molecule has 31 heavy (non-hydrogen) atoms. The maximum absolute atomic E-state index is 13.2. The summed E-state index contributed by atoms with van der Waals surface area (Å²) in [5.74, 6) is 1.37. The van der Waals surface area contributed by atoms with Gasteiger partial charge in [0.25, 0.3) is 5.91 Å². The lowest BCUT2D eigenvalue weighted by atomic mass is 10.1. The van der Waals surface area contributed by atoms with Crippen LogP contribution < -0.4 is 14.4 Å². The van der Waals surface area contributed by atoms with Crippen LogP contribution in [0.4, 0.5) is 5.69 Å². The van der Waals surface area contributed by atoms with E-state index in [1.54, 1.807) is 43.4 Å². The minimum Gasteiger partial charge on any atom is -0.493 e. The van der Waals surface area contributed by atoms with Gasteiger partial charge in [0.2, 0.25) is 0 Å². The number of anilines is 1. The third-order valence-electron chi connectivity index (χ3n) is 5.25. The average molecular weight is 462 g/mol. The van der Waals surface area contributed by atoms with Crippen LogP contribution in [-0.2, 0) is 0 Å². The second-order valence-electron chi connectivity index (χ2n) is 6.98. The molecule has 1 amide bonds. The summed E-state index contributed by atoms with van der Waals surface area (Å²) in [5.41, 5.74) is 1.94. The molecule has 0 spiro atoms. The first-order valence-corrected chi connectivity index (χ1v) is 10.4. The lowest BCUT2D eigenvalue weighted by molar-refractivity contribution is 0.0742. The monoisotopic (exact) mass is 461 g/mol. The number of nitrogens with zero attached hydrogens (tertiary/aromatic N) is 3. The number of carbonyl (C=O) groups excluding carboxylic acids is 1. The number of carbonyl (C=O) groups is 1. The van der Waals surface area contributed by atoms with E-state index in [0.717, 1.165) is 5.69 Å². The number of piperazine rings is 1. The quantitative estimate of drug-likeness (QED) is 0.551. The van der Waals surface area contributed by atoms with Crippen LogP contribution in [0.1, 0.15) is 10.5 Å². The Hall–Kier alpha value is -2.90. The molecule has 0 radical (unpaired) electrons. The number of benzene rings is 2. The van der Waals surface area contributed by atoms with Gasteiger partial charge in [0.1, 0.15) is 0 Å². The smallest absolute Gasteiger partial charge is 0.276 e. The Labute approximate surface area is 190 Å². The second-order valence-corrected chi connectivity index (χ2v) is 7.79. The van der Waals surface area contributed by atoms with E-state index in [-0.39, 0.29) is 11.6 Å². The minimum atomic E-state index is -0.174. The molecule has 7 nitrogen and oxygen atoms in total. The molecule has 2 aromatic carbocycles. The fourth-order valence-electron chi connectivity index (χ4n) is 3.58. The molecule has 4 rings (SSSR count). The van der Waals surface area contributed by atoms with Gasteiger partial charge in [-0.2, -0.15) is 0 Å². The van der Waals surface area contributed by atoms with E-state index in [1.807, 2.05) is 12.1 Å². The number of aromatic nitrogens is 1. The van der Waals surface area contributed by atoms with E-state index in [1.165, 1.54) is 6.39 Å². The van der Waals surface area contributed by atoms with Crippen molar-refractivity contribution < 1.29 is 18.7 Å². The molecule has 1 aliphatic rings. The van der Waals surface area contributed by atoms with Gasteiger partial charge in [0.15, 0.2) is 29.3 Å². The molecule has 1 aromatic heterocycles. The Morgan fingerprint density at radius 1 is 0.968 bits per heavy atom. The van der Waals surface area contributed by atoms with E-state index in [9.17, 15) is 4.79 Å². The lowest BCUT2D eigenvalue weighted by Crippen LogP contribution is -2.49. The third kappa shape index (κ3) is 4.29. The molecule has 0 bridgehead atoms. The molecule has 1 aliphatic heterocycles. The molecule has 2 heterocycles. The van der Waals surface area contributed by atoms with Gasteiger partial charge in [-0.05, 0) is 36.4 Å². The summed E-state index contributed by atoms with van der Waals surface area (Å²) < 4.78 is 16.2. The summed E-state index contributed by atoms with van der Waals surface area (Å²) in [6.07, 6.45) is 1.28. The maximum atomic E-state index is 13.2. The van der Waals surface area contributed by atoms with Gasteiger partial charge >= 0.3 is 0 Å². The van der Waals surface area contributed by atoms with Crippen LogP contribution in [0.3, 0.4) is 0 Å². The molecule has 0 N–H and O–H groups in total. The van der Waals surface area contributed by atoms with Crippen molar-refractivity contribution in [3.05, 3.63) is 58.5 Å². The van der Waals surface area contributed by atoms with Crippen LogP contribution in [0.15, 0.2) is 47.2 Å². The molecule has 0 atom stereocenters. The van der Waals surface area contributed by atoms with Crippen molar-refractivity contribution in [1.29, 1.82) is 0 Å². The Morgan fingerprint density at radius 3 is 2.39 bits per heavy atom. The van der Waals surface area contributed by atoms with Gasteiger partial charge in [0, 0.05) is 37.4 Å².